The molecule has 20 heavy (non-hydrogen) atoms. The zero-order chi connectivity index (χ0) is 14.5. The lowest BCUT2D eigenvalue weighted by molar-refractivity contribution is 0.0984. The molecule has 0 saturated heterocycles. The first-order valence-electron chi connectivity index (χ1n) is 6.31. The second-order valence-corrected chi connectivity index (χ2v) is 4.25. The second kappa shape index (κ2) is 6.06. The van der Waals surface area contributed by atoms with E-state index in [1.807, 2.05) is 19.9 Å². The highest BCUT2D eigenvalue weighted by Crippen LogP contribution is 2.20. The Bertz CT molecular complexity index is 690. The predicted octanol–water partition coefficient (Wildman–Crippen LogP) is 2.17. The van der Waals surface area contributed by atoms with Crippen molar-refractivity contribution >= 4 is 5.91 Å². The maximum absolute atomic E-state index is 12.2. The van der Waals surface area contributed by atoms with E-state index in [0.29, 0.717) is 17.9 Å². The Morgan fingerprint density at radius 2 is 2.15 bits per heavy atom. The van der Waals surface area contributed by atoms with Crippen molar-refractivity contribution in [2.45, 2.75) is 13.8 Å². The van der Waals surface area contributed by atoms with Gasteiger partial charge in [0.05, 0.1) is 12.2 Å². The average Bonchev–Trinajstić information content (AvgIpc) is 2.43. The molecule has 0 unspecified atom stereocenters. The minimum absolute atomic E-state index is 0.168. The Hall–Kier alpha value is -2.56. The van der Waals surface area contributed by atoms with Gasteiger partial charge in [0, 0.05) is 6.20 Å². The first-order valence-corrected chi connectivity index (χ1v) is 6.31. The number of nitrogens with zero attached hydrogens (tertiary/aromatic N) is 2. The van der Waals surface area contributed by atoms with E-state index >= 15 is 0 Å². The van der Waals surface area contributed by atoms with Crippen molar-refractivity contribution in [3.05, 3.63) is 59.2 Å². The largest absolute Gasteiger partial charge is 0.493 e. The smallest absolute Gasteiger partial charge is 0.282 e. The molecule has 2 aromatic rings. The monoisotopic (exact) mass is 272 g/mol. The van der Waals surface area contributed by atoms with Crippen LogP contribution in [0.25, 0.3) is 0 Å². The summed E-state index contributed by atoms with van der Waals surface area (Å²) in [5.41, 5.74) is 1.49. The summed E-state index contributed by atoms with van der Waals surface area (Å²) in [5.74, 6) is 0.0402. The molecular formula is C15H16N2O3. The third-order valence-electron chi connectivity index (χ3n) is 2.70. The number of hydrogen-bond acceptors (Lipinski definition) is 3. The summed E-state index contributed by atoms with van der Waals surface area (Å²) < 4.78 is 6.23. The summed E-state index contributed by atoms with van der Waals surface area (Å²) in [6, 6.07) is 10.2. The van der Waals surface area contributed by atoms with Gasteiger partial charge in [-0.05, 0) is 38.1 Å². The van der Waals surface area contributed by atoms with E-state index in [-0.39, 0.29) is 5.49 Å². The number of ether oxygens (including phenoxy) is 1. The lowest BCUT2D eigenvalue weighted by Crippen LogP contribution is -2.19. The van der Waals surface area contributed by atoms with Crippen molar-refractivity contribution in [1.82, 2.24) is 4.73 Å². The fraction of sp³-hybridized carbons (Fsp3) is 0.200. The molecule has 0 fully saturated rings. The van der Waals surface area contributed by atoms with E-state index in [1.165, 1.54) is 6.20 Å². The SMILES string of the molecule is CCOc1ccc(C)cc1C(=O)N=c1ccccn1O. The van der Waals surface area contributed by atoms with Gasteiger partial charge in [0.15, 0.2) is 5.49 Å². The third kappa shape index (κ3) is 3.06. The number of pyridine rings is 1. The average molecular weight is 272 g/mol. The first kappa shape index (κ1) is 13.9. The number of rotatable bonds is 3. The van der Waals surface area contributed by atoms with E-state index in [0.717, 1.165) is 10.3 Å². The van der Waals surface area contributed by atoms with Crippen LogP contribution in [0, 0.1) is 6.92 Å². The summed E-state index contributed by atoms with van der Waals surface area (Å²) in [6.45, 7) is 4.21. The Morgan fingerprint density at radius 1 is 1.35 bits per heavy atom. The lowest BCUT2D eigenvalue weighted by atomic mass is 10.1. The zero-order valence-corrected chi connectivity index (χ0v) is 11.4. The van der Waals surface area contributed by atoms with Gasteiger partial charge in [0.25, 0.3) is 5.91 Å². The summed E-state index contributed by atoms with van der Waals surface area (Å²) in [5, 5.41) is 9.57. The van der Waals surface area contributed by atoms with Gasteiger partial charge < -0.3 is 9.94 Å². The topological polar surface area (TPSA) is 63.8 Å². The van der Waals surface area contributed by atoms with E-state index in [1.54, 1.807) is 30.3 Å². The van der Waals surface area contributed by atoms with E-state index in [9.17, 15) is 10.0 Å². The maximum atomic E-state index is 12.2. The van der Waals surface area contributed by atoms with Gasteiger partial charge in [-0.15, -0.1) is 0 Å². The van der Waals surface area contributed by atoms with Gasteiger partial charge in [-0.1, -0.05) is 17.7 Å². The number of amides is 1. The predicted molar refractivity (Wildman–Crippen MR) is 73.9 cm³/mol. The highest BCUT2D eigenvalue weighted by atomic mass is 16.5. The van der Waals surface area contributed by atoms with Gasteiger partial charge in [-0.2, -0.15) is 9.72 Å². The molecule has 1 heterocycles. The molecule has 1 amide bonds. The summed E-state index contributed by atoms with van der Waals surface area (Å²) in [6.07, 6.45) is 1.41. The summed E-state index contributed by atoms with van der Waals surface area (Å²) >= 11 is 0. The normalized spacial score (nSPS) is 11.4. The first-order chi connectivity index (χ1) is 9.61. The van der Waals surface area contributed by atoms with Crippen molar-refractivity contribution in [3.63, 3.8) is 0 Å². The molecule has 1 aromatic carbocycles. The second-order valence-electron chi connectivity index (χ2n) is 4.25. The quantitative estimate of drug-likeness (QED) is 0.871. The molecule has 0 spiro atoms. The molecule has 5 nitrogen and oxygen atoms in total. The number of carbonyl (C=O) groups is 1. The van der Waals surface area contributed by atoms with Gasteiger partial charge >= 0.3 is 0 Å². The van der Waals surface area contributed by atoms with Gasteiger partial charge in [-0.3, -0.25) is 4.79 Å². The van der Waals surface area contributed by atoms with Crippen LogP contribution in [-0.4, -0.2) is 22.5 Å². The van der Waals surface area contributed by atoms with Crippen molar-refractivity contribution < 1.29 is 14.7 Å². The van der Waals surface area contributed by atoms with Crippen LogP contribution in [0.1, 0.15) is 22.8 Å². The zero-order valence-electron chi connectivity index (χ0n) is 11.4. The minimum atomic E-state index is -0.453. The number of aromatic nitrogens is 1. The van der Waals surface area contributed by atoms with Crippen molar-refractivity contribution in [3.8, 4) is 5.75 Å². The Labute approximate surface area is 116 Å². The van der Waals surface area contributed by atoms with E-state index < -0.39 is 5.91 Å². The molecule has 0 aliphatic heterocycles. The number of aryl methyl sites for hydroxylation is 1. The van der Waals surface area contributed by atoms with Gasteiger partial charge in [0.1, 0.15) is 5.75 Å². The van der Waals surface area contributed by atoms with Crippen LogP contribution in [0.2, 0.25) is 0 Å². The summed E-state index contributed by atoms with van der Waals surface area (Å²) in [7, 11) is 0. The van der Waals surface area contributed by atoms with Gasteiger partial charge in [0.2, 0.25) is 0 Å². The Balaban J connectivity index is 2.46. The van der Waals surface area contributed by atoms with Crippen LogP contribution in [-0.2, 0) is 0 Å². The number of benzene rings is 1. The van der Waals surface area contributed by atoms with Crippen LogP contribution in [0.15, 0.2) is 47.6 Å². The summed E-state index contributed by atoms with van der Waals surface area (Å²) in [4.78, 5) is 16.1. The van der Waals surface area contributed by atoms with Crippen molar-refractivity contribution in [2.24, 2.45) is 4.99 Å². The van der Waals surface area contributed by atoms with Gasteiger partial charge in [-0.25, -0.2) is 0 Å². The molecule has 0 saturated carbocycles. The van der Waals surface area contributed by atoms with Crippen LogP contribution in [0.5, 0.6) is 5.75 Å². The number of hydrogen-bond donors (Lipinski definition) is 1. The van der Waals surface area contributed by atoms with E-state index in [4.69, 9.17) is 4.74 Å². The molecule has 2 rings (SSSR count). The lowest BCUT2D eigenvalue weighted by Gasteiger charge is -2.08. The Morgan fingerprint density at radius 3 is 2.85 bits per heavy atom. The highest BCUT2D eigenvalue weighted by molar-refractivity contribution is 5.97. The molecule has 1 aromatic heterocycles. The van der Waals surface area contributed by atoms with Crippen molar-refractivity contribution in [1.29, 1.82) is 0 Å². The van der Waals surface area contributed by atoms with E-state index in [2.05, 4.69) is 4.99 Å². The molecule has 0 aliphatic rings. The molecule has 104 valence electrons. The molecule has 0 atom stereocenters. The van der Waals surface area contributed by atoms with Crippen LogP contribution in [0.4, 0.5) is 0 Å². The molecule has 5 heteroatoms. The molecule has 0 bridgehead atoms. The molecule has 0 aliphatic carbocycles. The van der Waals surface area contributed by atoms with Crippen LogP contribution < -0.4 is 10.2 Å². The van der Waals surface area contributed by atoms with Crippen molar-refractivity contribution in [2.75, 3.05) is 6.61 Å². The molecule has 1 N–H and O–H groups in total. The third-order valence-corrected chi connectivity index (χ3v) is 2.70. The van der Waals surface area contributed by atoms with Crippen LogP contribution >= 0.6 is 0 Å². The fourth-order valence-corrected chi connectivity index (χ4v) is 1.77. The molecular weight excluding hydrogens is 256 g/mol. The van der Waals surface area contributed by atoms with Crippen LogP contribution in [0.3, 0.4) is 0 Å². The minimum Gasteiger partial charge on any atom is -0.493 e. The highest BCUT2D eigenvalue weighted by Gasteiger charge is 2.12. The fourth-order valence-electron chi connectivity index (χ4n) is 1.77. The number of carbonyl (C=O) groups excluding carboxylic acids is 1. The molecule has 0 radical (unpaired) electrons. The standard InChI is InChI=1S/C15H16N2O3/c1-3-20-13-8-7-11(2)10-12(13)15(18)16-14-6-4-5-9-17(14)19/h4-10,19H,3H2,1-2H3. The Kier molecular flexibility index (Phi) is 4.20. The maximum Gasteiger partial charge on any atom is 0.282 e.